The van der Waals surface area contributed by atoms with Gasteiger partial charge in [0, 0.05) is 6.61 Å². The van der Waals surface area contributed by atoms with Crippen molar-refractivity contribution in [3.63, 3.8) is 0 Å². The molecule has 0 spiro atoms. The summed E-state index contributed by atoms with van der Waals surface area (Å²) in [7, 11) is 0. The standard InChI is InChI=1S/C30H52O3/c1-5-29(31)17-16-27(3)22(19-29)7-8-23-25-10-9-24(28(25,4)14-12-26(23)27)21(2)11-15-30(32)13-6-18-33-20-30/h21-26,31-32H,5-20H2,1-4H3/t21-,22+,23+,24-,25+,26+,27+,28-,29+,30?/m1/s1. The molecular weight excluding hydrogens is 408 g/mol. The van der Waals surface area contributed by atoms with Crippen LogP contribution in [-0.2, 0) is 4.74 Å². The lowest BCUT2D eigenvalue weighted by atomic mass is 9.43. The van der Waals surface area contributed by atoms with E-state index in [9.17, 15) is 10.2 Å². The summed E-state index contributed by atoms with van der Waals surface area (Å²) in [6.45, 7) is 11.3. The Morgan fingerprint density at radius 1 is 0.879 bits per heavy atom. The van der Waals surface area contributed by atoms with Crippen LogP contribution in [0.1, 0.15) is 118 Å². The van der Waals surface area contributed by atoms with E-state index in [1.807, 2.05) is 0 Å². The summed E-state index contributed by atoms with van der Waals surface area (Å²) in [5, 5.41) is 22.0. The number of ether oxygens (including phenoxy) is 1. The Labute approximate surface area is 203 Å². The number of rotatable bonds is 5. The van der Waals surface area contributed by atoms with Crippen molar-refractivity contribution >= 4 is 0 Å². The van der Waals surface area contributed by atoms with Gasteiger partial charge >= 0.3 is 0 Å². The molecule has 3 heteroatoms. The van der Waals surface area contributed by atoms with Crippen LogP contribution in [0, 0.1) is 46.3 Å². The van der Waals surface area contributed by atoms with Gasteiger partial charge in [0.15, 0.2) is 0 Å². The van der Waals surface area contributed by atoms with E-state index >= 15 is 0 Å². The Hall–Kier alpha value is -0.120. The molecule has 1 heterocycles. The van der Waals surface area contributed by atoms with Crippen molar-refractivity contribution in [2.75, 3.05) is 13.2 Å². The minimum atomic E-state index is -0.572. The molecule has 1 aliphatic heterocycles. The molecule has 1 saturated heterocycles. The van der Waals surface area contributed by atoms with E-state index in [0.29, 0.717) is 23.4 Å². The predicted molar refractivity (Wildman–Crippen MR) is 134 cm³/mol. The maximum Gasteiger partial charge on any atom is 0.0881 e. The molecule has 4 aliphatic carbocycles. The van der Waals surface area contributed by atoms with Crippen LogP contribution in [0.5, 0.6) is 0 Å². The van der Waals surface area contributed by atoms with Crippen LogP contribution in [0.3, 0.4) is 0 Å². The van der Waals surface area contributed by atoms with E-state index in [-0.39, 0.29) is 5.60 Å². The van der Waals surface area contributed by atoms with Gasteiger partial charge in [0.2, 0.25) is 0 Å². The van der Waals surface area contributed by atoms with E-state index in [1.165, 1.54) is 44.9 Å². The third kappa shape index (κ3) is 4.14. The fraction of sp³-hybridized carbons (Fsp3) is 1.00. The molecule has 2 N–H and O–H groups in total. The highest BCUT2D eigenvalue weighted by Crippen LogP contribution is 2.69. The highest BCUT2D eigenvalue weighted by Gasteiger charge is 2.61. The van der Waals surface area contributed by atoms with E-state index in [2.05, 4.69) is 27.7 Å². The second kappa shape index (κ2) is 8.77. The normalized spacial score (nSPS) is 53.1. The van der Waals surface area contributed by atoms with Gasteiger partial charge in [-0.1, -0.05) is 27.7 Å². The second-order valence-electron chi connectivity index (χ2n) is 14.1. The molecule has 190 valence electrons. The van der Waals surface area contributed by atoms with Crippen molar-refractivity contribution in [3.05, 3.63) is 0 Å². The van der Waals surface area contributed by atoms with Gasteiger partial charge in [-0.2, -0.15) is 0 Å². The van der Waals surface area contributed by atoms with E-state index in [1.54, 1.807) is 0 Å². The molecule has 5 rings (SSSR count). The molecule has 0 aromatic heterocycles. The lowest BCUT2D eigenvalue weighted by Gasteiger charge is -2.62. The van der Waals surface area contributed by atoms with Crippen molar-refractivity contribution in [1.29, 1.82) is 0 Å². The van der Waals surface area contributed by atoms with Crippen LogP contribution >= 0.6 is 0 Å². The third-order valence-corrected chi connectivity index (χ3v) is 12.6. The summed E-state index contributed by atoms with van der Waals surface area (Å²) in [4.78, 5) is 0. The molecule has 0 aromatic rings. The Balaban J connectivity index is 1.26. The van der Waals surface area contributed by atoms with Crippen LogP contribution in [0.25, 0.3) is 0 Å². The minimum absolute atomic E-state index is 0.387. The van der Waals surface area contributed by atoms with Gasteiger partial charge in [-0.25, -0.2) is 0 Å². The Kier molecular flexibility index (Phi) is 6.53. The molecule has 4 saturated carbocycles. The van der Waals surface area contributed by atoms with Gasteiger partial charge in [-0.3, -0.25) is 0 Å². The van der Waals surface area contributed by atoms with Crippen LogP contribution < -0.4 is 0 Å². The van der Waals surface area contributed by atoms with Crippen LogP contribution in [0.15, 0.2) is 0 Å². The first-order valence-electron chi connectivity index (χ1n) is 14.6. The van der Waals surface area contributed by atoms with Crippen LogP contribution in [0.4, 0.5) is 0 Å². The van der Waals surface area contributed by atoms with Crippen LogP contribution in [0.2, 0.25) is 0 Å². The van der Waals surface area contributed by atoms with Gasteiger partial charge in [0.25, 0.3) is 0 Å². The first-order valence-corrected chi connectivity index (χ1v) is 14.6. The van der Waals surface area contributed by atoms with Gasteiger partial charge in [0.05, 0.1) is 17.8 Å². The average molecular weight is 461 g/mol. The SMILES string of the molecule is CC[C@]1(O)CC[C@@]2(C)[C@@H](CC[C@@H]3[C@@H]2CC[C@]2(C)[C@@H]([C@H](C)CCC4(O)CCCOC4)CC[C@@H]32)C1. The summed E-state index contributed by atoms with van der Waals surface area (Å²) in [6, 6.07) is 0. The van der Waals surface area contributed by atoms with Crippen LogP contribution in [-0.4, -0.2) is 34.6 Å². The number of aliphatic hydroxyl groups is 2. The van der Waals surface area contributed by atoms with Gasteiger partial charge in [-0.05, 0) is 136 Å². The Bertz CT molecular complexity index is 701. The Morgan fingerprint density at radius 2 is 1.67 bits per heavy atom. The fourth-order valence-electron chi connectivity index (χ4n) is 10.4. The van der Waals surface area contributed by atoms with E-state index < -0.39 is 5.60 Å². The summed E-state index contributed by atoms with van der Waals surface area (Å²) in [5.74, 6) is 4.93. The van der Waals surface area contributed by atoms with Gasteiger partial charge in [0.1, 0.15) is 0 Å². The van der Waals surface area contributed by atoms with Crippen molar-refractivity contribution in [1.82, 2.24) is 0 Å². The lowest BCUT2D eigenvalue weighted by Crippen LogP contribution is -2.56. The predicted octanol–water partition coefficient (Wildman–Crippen LogP) is 6.74. The molecule has 33 heavy (non-hydrogen) atoms. The monoisotopic (exact) mass is 460 g/mol. The minimum Gasteiger partial charge on any atom is -0.390 e. The van der Waals surface area contributed by atoms with E-state index in [4.69, 9.17) is 4.74 Å². The van der Waals surface area contributed by atoms with Crippen molar-refractivity contribution in [3.8, 4) is 0 Å². The molecule has 0 aromatic carbocycles. The molecule has 1 unspecified atom stereocenters. The highest BCUT2D eigenvalue weighted by atomic mass is 16.5. The zero-order chi connectivity index (χ0) is 23.5. The summed E-state index contributed by atoms with van der Waals surface area (Å²) in [6.07, 6.45) is 16.6. The summed E-state index contributed by atoms with van der Waals surface area (Å²) in [5.41, 5.74) is -0.00708. The number of fused-ring (bicyclic) bond motifs is 5. The average Bonchev–Trinajstić information content (AvgIpc) is 3.16. The van der Waals surface area contributed by atoms with Crippen molar-refractivity contribution in [2.24, 2.45) is 46.3 Å². The number of hydrogen-bond donors (Lipinski definition) is 2. The zero-order valence-electron chi connectivity index (χ0n) is 22.1. The molecule has 3 nitrogen and oxygen atoms in total. The fourth-order valence-corrected chi connectivity index (χ4v) is 10.4. The third-order valence-electron chi connectivity index (χ3n) is 12.6. The number of hydrogen-bond acceptors (Lipinski definition) is 3. The van der Waals surface area contributed by atoms with Crippen molar-refractivity contribution < 1.29 is 14.9 Å². The van der Waals surface area contributed by atoms with Gasteiger partial charge < -0.3 is 14.9 Å². The zero-order valence-corrected chi connectivity index (χ0v) is 22.1. The summed E-state index contributed by atoms with van der Waals surface area (Å²) < 4.78 is 5.61. The Morgan fingerprint density at radius 3 is 2.39 bits per heavy atom. The first kappa shape index (κ1) is 24.6. The molecule has 5 aliphatic rings. The molecule has 5 fully saturated rings. The largest absolute Gasteiger partial charge is 0.390 e. The maximum absolute atomic E-state index is 11.1. The first-order chi connectivity index (χ1) is 15.6. The van der Waals surface area contributed by atoms with Crippen molar-refractivity contribution in [2.45, 2.75) is 129 Å². The molecular formula is C30H52O3. The molecule has 0 amide bonds. The van der Waals surface area contributed by atoms with E-state index in [0.717, 1.165) is 81.1 Å². The lowest BCUT2D eigenvalue weighted by molar-refractivity contribution is -0.153. The highest BCUT2D eigenvalue weighted by molar-refractivity contribution is 5.11. The maximum atomic E-state index is 11.1. The quantitative estimate of drug-likeness (QED) is 0.477. The second-order valence-corrected chi connectivity index (χ2v) is 14.1. The smallest absolute Gasteiger partial charge is 0.0881 e. The molecule has 0 radical (unpaired) electrons. The molecule has 10 atom stereocenters. The summed E-state index contributed by atoms with van der Waals surface area (Å²) >= 11 is 0. The van der Waals surface area contributed by atoms with Gasteiger partial charge in [-0.15, -0.1) is 0 Å². The topological polar surface area (TPSA) is 49.7 Å². The molecule has 0 bridgehead atoms.